The summed E-state index contributed by atoms with van der Waals surface area (Å²) in [7, 11) is 0. The van der Waals surface area contributed by atoms with Crippen molar-refractivity contribution in [3.05, 3.63) is 63.8 Å². The number of fused-ring (bicyclic) bond motifs is 1. The Labute approximate surface area is 217 Å². The summed E-state index contributed by atoms with van der Waals surface area (Å²) in [5.41, 5.74) is 4.51. The molecule has 0 aromatic heterocycles. The highest BCUT2D eigenvalue weighted by molar-refractivity contribution is 7.80. The molecule has 0 fully saturated rings. The minimum atomic E-state index is -0.622. The van der Waals surface area contributed by atoms with Crippen molar-refractivity contribution in [2.24, 2.45) is 5.10 Å². The zero-order valence-corrected chi connectivity index (χ0v) is 21.0. The number of carbonyl (C=O) groups is 2. The van der Waals surface area contributed by atoms with Crippen LogP contribution in [0.2, 0.25) is 5.02 Å². The monoisotopic (exact) mass is 530 g/mol. The Hall–Kier alpha value is -3.83. The third-order valence-corrected chi connectivity index (χ3v) is 5.79. The largest absolute Gasteiger partial charge is 0.483 e. The fourth-order valence-corrected chi connectivity index (χ4v) is 4.11. The molecule has 2 aromatic rings. The van der Waals surface area contributed by atoms with Gasteiger partial charge in [-0.2, -0.15) is 5.10 Å². The fourth-order valence-electron chi connectivity index (χ4n) is 3.64. The summed E-state index contributed by atoms with van der Waals surface area (Å²) in [6.07, 6.45) is 1.40. The molecule has 36 heavy (non-hydrogen) atoms. The van der Waals surface area contributed by atoms with Crippen LogP contribution >= 0.6 is 23.8 Å². The Balaban J connectivity index is 1.44. The molecule has 1 atom stereocenters. The fraction of sp³-hybridized carbons (Fsp3) is 0.250. The van der Waals surface area contributed by atoms with Crippen LogP contribution in [0.1, 0.15) is 31.0 Å². The third kappa shape index (κ3) is 5.69. The first-order chi connectivity index (χ1) is 17.4. The van der Waals surface area contributed by atoms with Crippen LogP contribution in [0, 0.1) is 0 Å². The van der Waals surface area contributed by atoms with Gasteiger partial charge < -0.3 is 29.6 Å². The van der Waals surface area contributed by atoms with E-state index in [0.717, 1.165) is 0 Å². The molecule has 3 N–H and O–H groups in total. The number of thiocarbonyl (C=S) groups is 1. The number of para-hydroxylation sites is 1. The minimum absolute atomic E-state index is 0.122. The van der Waals surface area contributed by atoms with E-state index in [4.69, 9.17) is 42.8 Å². The zero-order chi connectivity index (χ0) is 25.7. The SMILES string of the molecule is CCOC(=O)C1=C(C)NC(=S)N[C@@H]1c1ccccc1OCC(=O)NN=Cc1cc2c(cc1Cl)OCO2. The lowest BCUT2D eigenvalue weighted by molar-refractivity contribution is -0.139. The van der Waals surface area contributed by atoms with Crippen molar-refractivity contribution in [2.45, 2.75) is 19.9 Å². The van der Waals surface area contributed by atoms with Crippen LogP contribution in [-0.2, 0) is 14.3 Å². The number of halogens is 1. The topological polar surface area (TPSA) is 120 Å². The molecule has 0 bridgehead atoms. The highest BCUT2D eigenvalue weighted by atomic mass is 35.5. The third-order valence-electron chi connectivity index (χ3n) is 5.24. The van der Waals surface area contributed by atoms with Gasteiger partial charge in [0.2, 0.25) is 6.79 Å². The smallest absolute Gasteiger partial charge is 0.338 e. The molecule has 0 aliphatic carbocycles. The summed E-state index contributed by atoms with van der Waals surface area (Å²) in [5.74, 6) is 0.515. The molecule has 10 nitrogen and oxygen atoms in total. The number of esters is 1. The maximum absolute atomic E-state index is 12.6. The van der Waals surface area contributed by atoms with Crippen LogP contribution in [0.15, 0.2) is 52.8 Å². The molecule has 0 saturated carbocycles. The molecule has 2 aromatic carbocycles. The summed E-state index contributed by atoms with van der Waals surface area (Å²) in [6, 6.07) is 9.70. The summed E-state index contributed by atoms with van der Waals surface area (Å²) in [4.78, 5) is 25.0. The maximum atomic E-state index is 12.6. The van der Waals surface area contributed by atoms with E-state index in [0.29, 0.717) is 49.8 Å². The molecular formula is C24H23ClN4O6S. The van der Waals surface area contributed by atoms with Gasteiger partial charge in [-0.15, -0.1) is 0 Å². The second-order valence-electron chi connectivity index (χ2n) is 7.64. The molecule has 2 aliphatic rings. The van der Waals surface area contributed by atoms with E-state index < -0.39 is 17.9 Å². The van der Waals surface area contributed by atoms with Crippen LogP contribution in [0.3, 0.4) is 0 Å². The molecule has 12 heteroatoms. The Kier molecular flexibility index (Phi) is 7.91. The van der Waals surface area contributed by atoms with Gasteiger partial charge in [-0.3, -0.25) is 4.79 Å². The number of amides is 1. The van der Waals surface area contributed by atoms with Crippen LogP contribution < -0.4 is 30.3 Å². The van der Waals surface area contributed by atoms with Gasteiger partial charge >= 0.3 is 5.97 Å². The second-order valence-corrected chi connectivity index (χ2v) is 8.45. The molecule has 0 spiro atoms. The van der Waals surface area contributed by atoms with Gasteiger partial charge in [0.05, 0.1) is 29.5 Å². The Bertz CT molecular complexity index is 1270. The predicted octanol–water partition coefficient (Wildman–Crippen LogP) is 2.95. The van der Waals surface area contributed by atoms with Gasteiger partial charge in [-0.05, 0) is 38.2 Å². The number of carbonyl (C=O) groups excluding carboxylic acids is 2. The molecule has 4 rings (SSSR count). The summed E-state index contributed by atoms with van der Waals surface area (Å²) >= 11 is 11.5. The Morgan fingerprint density at radius 2 is 2.03 bits per heavy atom. The first-order valence-electron chi connectivity index (χ1n) is 11.0. The summed E-state index contributed by atoms with van der Waals surface area (Å²) < 4.78 is 21.6. The number of benzene rings is 2. The van der Waals surface area contributed by atoms with E-state index >= 15 is 0 Å². The van der Waals surface area contributed by atoms with Crippen molar-refractivity contribution in [3.8, 4) is 17.2 Å². The van der Waals surface area contributed by atoms with Gasteiger partial charge in [-0.1, -0.05) is 29.8 Å². The number of nitrogens with zero attached hydrogens (tertiary/aromatic N) is 1. The van der Waals surface area contributed by atoms with E-state index in [1.165, 1.54) is 6.21 Å². The van der Waals surface area contributed by atoms with Gasteiger partial charge in [-0.25, -0.2) is 10.2 Å². The number of hydrogen-bond acceptors (Lipinski definition) is 8. The standard InChI is InChI=1S/C24H23ClN4O6S/c1-3-32-23(31)21-13(2)27-24(36)28-22(21)15-6-4-5-7-17(15)33-11-20(30)29-26-10-14-8-18-19(9-16(14)25)35-12-34-18/h4-10,22H,3,11-12H2,1-2H3,(H,29,30)(H2,27,28,36)/t22-/m1/s1. The lowest BCUT2D eigenvalue weighted by Crippen LogP contribution is -2.45. The molecular weight excluding hydrogens is 508 g/mol. The lowest BCUT2D eigenvalue weighted by atomic mass is 9.95. The van der Waals surface area contributed by atoms with Crippen molar-refractivity contribution in [1.29, 1.82) is 0 Å². The van der Waals surface area contributed by atoms with Gasteiger partial charge in [0.25, 0.3) is 5.91 Å². The van der Waals surface area contributed by atoms with Crippen molar-refractivity contribution < 1.29 is 28.5 Å². The highest BCUT2D eigenvalue weighted by Gasteiger charge is 2.32. The van der Waals surface area contributed by atoms with E-state index in [1.807, 2.05) is 0 Å². The van der Waals surface area contributed by atoms with Gasteiger partial charge in [0, 0.05) is 22.9 Å². The number of hydrogen-bond donors (Lipinski definition) is 3. The van der Waals surface area contributed by atoms with Gasteiger partial charge in [0.1, 0.15) is 5.75 Å². The second kappa shape index (κ2) is 11.3. The molecule has 2 heterocycles. The van der Waals surface area contributed by atoms with Crippen LogP contribution in [0.5, 0.6) is 17.2 Å². The molecule has 0 saturated heterocycles. The van der Waals surface area contributed by atoms with E-state index in [9.17, 15) is 9.59 Å². The van der Waals surface area contributed by atoms with Gasteiger partial charge in [0.15, 0.2) is 23.2 Å². The van der Waals surface area contributed by atoms with Crippen molar-refractivity contribution in [2.75, 3.05) is 20.0 Å². The molecule has 188 valence electrons. The molecule has 0 radical (unpaired) electrons. The van der Waals surface area contributed by atoms with Crippen LogP contribution in [0.4, 0.5) is 0 Å². The summed E-state index contributed by atoms with van der Waals surface area (Å²) in [5, 5.41) is 10.7. The van der Waals surface area contributed by atoms with Crippen molar-refractivity contribution >= 4 is 47.0 Å². The van der Waals surface area contributed by atoms with E-state index in [-0.39, 0.29) is 20.0 Å². The zero-order valence-electron chi connectivity index (χ0n) is 19.4. The number of rotatable bonds is 8. The Morgan fingerprint density at radius 3 is 2.81 bits per heavy atom. The normalized spacial score (nSPS) is 16.4. The number of nitrogens with one attached hydrogen (secondary N) is 3. The quantitative estimate of drug-likeness (QED) is 0.205. The number of allylic oxidation sites excluding steroid dienone is 1. The van der Waals surface area contributed by atoms with Crippen molar-refractivity contribution in [1.82, 2.24) is 16.1 Å². The van der Waals surface area contributed by atoms with E-state index in [2.05, 4.69) is 21.2 Å². The van der Waals surface area contributed by atoms with Crippen molar-refractivity contribution in [3.63, 3.8) is 0 Å². The maximum Gasteiger partial charge on any atom is 0.338 e. The molecule has 2 aliphatic heterocycles. The number of ether oxygens (including phenoxy) is 4. The minimum Gasteiger partial charge on any atom is -0.483 e. The lowest BCUT2D eigenvalue weighted by Gasteiger charge is -2.30. The molecule has 1 amide bonds. The van der Waals surface area contributed by atoms with E-state index in [1.54, 1.807) is 50.2 Å². The Morgan fingerprint density at radius 1 is 1.28 bits per heavy atom. The first-order valence-corrected chi connectivity index (χ1v) is 11.7. The first kappa shape index (κ1) is 25.3. The predicted molar refractivity (Wildman–Crippen MR) is 136 cm³/mol. The van der Waals surface area contributed by atoms with Crippen LogP contribution in [0.25, 0.3) is 0 Å². The summed E-state index contributed by atoms with van der Waals surface area (Å²) in [6.45, 7) is 3.50. The highest BCUT2D eigenvalue weighted by Crippen LogP contribution is 2.36. The molecule has 0 unspecified atom stereocenters. The number of hydrazone groups is 1. The van der Waals surface area contributed by atoms with Crippen LogP contribution in [-0.4, -0.2) is 43.2 Å². The average molecular weight is 531 g/mol. The average Bonchev–Trinajstić information content (AvgIpc) is 3.29.